The Kier molecular flexibility index (Phi) is 4.06. The maximum atomic E-state index is 11.4. The molecule has 0 fully saturated rings. The van der Waals surface area contributed by atoms with E-state index in [1.165, 1.54) is 0 Å². The Bertz CT molecular complexity index is 427. The number of benzene rings is 1. The minimum Gasteiger partial charge on any atom is -0.559 e. The third kappa shape index (κ3) is 5.24. The van der Waals surface area contributed by atoms with Crippen LogP contribution in [0.4, 0.5) is 0 Å². The Labute approximate surface area is 93.6 Å². The zero-order valence-electron chi connectivity index (χ0n) is 8.44. The van der Waals surface area contributed by atoms with Crippen LogP contribution in [0.2, 0.25) is 0 Å². The average molecular weight is 246 g/mol. The lowest BCUT2D eigenvalue weighted by Gasteiger charge is -2.20. The molecule has 0 radical (unpaired) electrons. The fourth-order valence-corrected chi connectivity index (χ4v) is 2.29. The van der Waals surface area contributed by atoms with Gasteiger partial charge in [0.15, 0.2) is 0 Å². The Morgan fingerprint density at radius 1 is 1.12 bits per heavy atom. The standard InChI is InChI=1S/C8H13BNO5S/c11-9(12,13)7-10-16(14,15)6-8-4-2-1-3-5-8/h1-5,10-13H,6-7H2/q-1. The molecule has 0 saturated carbocycles. The van der Waals surface area contributed by atoms with Crippen molar-refractivity contribution in [2.45, 2.75) is 5.75 Å². The molecule has 1 aromatic rings. The summed E-state index contributed by atoms with van der Waals surface area (Å²) >= 11 is 0. The van der Waals surface area contributed by atoms with E-state index in [0.717, 1.165) is 0 Å². The quantitative estimate of drug-likeness (QED) is 0.476. The van der Waals surface area contributed by atoms with E-state index in [4.69, 9.17) is 15.1 Å². The molecule has 0 aliphatic heterocycles. The first-order valence-electron chi connectivity index (χ1n) is 4.63. The predicted molar refractivity (Wildman–Crippen MR) is 59.5 cm³/mol. The van der Waals surface area contributed by atoms with Crippen molar-refractivity contribution in [1.82, 2.24) is 4.72 Å². The van der Waals surface area contributed by atoms with Gasteiger partial charge in [0, 0.05) is 0 Å². The van der Waals surface area contributed by atoms with Gasteiger partial charge in [-0.2, -0.15) is 0 Å². The van der Waals surface area contributed by atoms with Gasteiger partial charge in [-0.25, -0.2) is 13.1 Å². The number of nitrogens with one attached hydrogen (secondary N) is 1. The summed E-state index contributed by atoms with van der Waals surface area (Å²) in [5.41, 5.74) is 0.571. The minimum atomic E-state index is -3.68. The predicted octanol–water partition coefficient (Wildman–Crippen LogP) is -1.44. The van der Waals surface area contributed by atoms with Gasteiger partial charge in [-0.15, -0.1) is 0 Å². The van der Waals surface area contributed by atoms with E-state index in [1.54, 1.807) is 30.3 Å². The topological polar surface area (TPSA) is 107 Å². The number of rotatable bonds is 5. The number of hydrogen-bond donors (Lipinski definition) is 4. The van der Waals surface area contributed by atoms with Crippen molar-refractivity contribution < 1.29 is 23.5 Å². The third-order valence-electron chi connectivity index (χ3n) is 1.78. The van der Waals surface area contributed by atoms with Gasteiger partial charge >= 0.3 is 6.75 Å². The van der Waals surface area contributed by atoms with Crippen molar-refractivity contribution in [1.29, 1.82) is 0 Å². The van der Waals surface area contributed by atoms with Gasteiger partial charge in [0.25, 0.3) is 0 Å². The summed E-state index contributed by atoms with van der Waals surface area (Å²) in [6.45, 7) is -3.64. The van der Waals surface area contributed by atoms with E-state index >= 15 is 0 Å². The van der Waals surface area contributed by atoms with Crippen LogP contribution in [-0.2, 0) is 15.8 Å². The number of sulfonamides is 1. The summed E-state index contributed by atoms with van der Waals surface area (Å²) in [6, 6.07) is 8.42. The van der Waals surface area contributed by atoms with Crippen LogP contribution in [0.1, 0.15) is 5.56 Å². The van der Waals surface area contributed by atoms with Crippen LogP contribution in [0.25, 0.3) is 0 Å². The molecule has 8 heteroatoms. The molecule has 4 N–H and O–H groups in total. The van der Waals surface area contributed by atoms with Crippen LogP contribution in [0.3, 0.4) is 0 Å². The van der Waals surface area contributed by atoms with Gasteiger partial charge in [-0.1, -0.05) is 30.3 Å². The zero-order chi connectivity index (χ0) is 12.2. The molecule has 0 aliphatic carbocycles. The molecule has 0 heterocycles. The summed E-state index contributed by atoms with van der Waals surface area (Å²) in [5.74, 6) is -0.278. The van der Waals surface area contributed by atoms with Crippen LogP contribution in [-0.4, -0.2) is 36.7 Å². The molecular formula is C8H13BNO5S-. The van der Waals surface area contributed by atoms with Crippen molar-refractivity contribution in [3.8, 4) is 0 Å². The highest BCUT2D eigenvalue weighted by Gasteiger charge is 2.19. The van der Waals surface area contributed by atoms with E-state index in [-0.39, 0.29) is 5.75 Å². The largest absolute Gasteiger partial charge is 0.559 e. The highest BCUT2D eigenvalue weighted by Crippen LogP contribution is 2.03. The Balaban J connectivity index is 2.60. The highest BCUT2D eigenvalue weighted by atomic mass is 32.2. The van der Waals surface area contributed by atoms with Crippen LogP contribution in [0.15, 0.2) is 30.3 Å². The van der Waals surface area contributed by atoms with Crippen LogP contribution in [0, 0.1) is 0 Å². The molecule has 0 saturated heterocycles. The molecule has 90 valence electrons. The zero-order valence-corrected chi connectivity index (χ0v) is 9.26. The second-order valence-electron chi connectivity index (χ2n) is 3.49. The highest BCUT2D eigenvalue weighted by molar-refractivity contribution is 7.88. The molecule has 0 atom stereocenters. The van der Waals surface area contributed by atoms with Crippen LogP contribution < -0.4 is 4.72 Å². The molecule has 0 bridgehead atoms. The first kappa shape index (κ1) is 13.1. The van der Waals surface area contributed by atoms with Gasteiger partial charge in [-0.3, -0.25) is 0 Å². The number of hydrogen-bond acceptors (Lipinski definition) is 5. The maximum absolute atomic E-state index is 11.4. The lowest BCUT2D eigenvalue weighted by Crippen LogP contribution is -2.48. The molecule has 1 rings (SSSR count). The average Bonchev–Trinajstić information content (AvgIpc) is 2.15. The lowest BCUT2D eigenvalue weighted by molar-refractivity contribution is 0.228. The van der Waals surface area contributed by atoms with Crippen LogP contribution in [0.5, 0.6) is 0 Å². The molecule has 0 spiro atoms. The Morgan fingerprint density at radius 2 is 1.69 bits per heavy atom. The first-order valence-corrected chi connectivity index (χ1v) is 6.28. The van der Waals surface area contributed by atoms with E-state index in [1.807, 2.05) is 4.72 Å². The van der Waals surface area contributed by atoms with Crippen molar-refractivity contribution in [2.24, 2.45) is 0 Å². The molecule has 0 aromatic heterocycles. The smallest absolute Gasteiger partial charge is 0.386 e. The monoisotopic (exact) mass is 246 g/mol. The molecular weight excluding hydrogens is 233 g/mol. The molecule has 6 nitrogen and oxygen atoms in total. The van der Waals surface area contributed by atoms with E-state index < -0.39 is 23.2 Å². The Morgan fingerprint density at radius 3 is 2.19 bits per heavy atom. The van der Waals surface area contributed by atoms with Crippen molar-refractivity contribution >= 4 is 16.8 Å². The molecule has 0 aliphatic rings. The van der Waals surface area contributed by atoms with Gasteiger partial charge < -0.3 is 15.1 Å². The maximum Gasteiger partial charge on any atom is 0.386 e. The Hall–Kier alpha value is -0.925. The van der Waals surface area contributed by atoms with E-state index in [2.05, 4.69) is 0 Å². The summed E-state index contributed by atoms with van der Waals surface area (Å²) in [6.07, 6.45) is -0.810. The summed E-state index contributed by atoms with van der Waals surface area (Å²) in [4.78, 5) is 0. The molecule has 1 aromatic carbocycles. The van der Waals surface area contributed by atoms with Gasteiger partial charge in [0.1, 0.15) is 0 Å². The van der Waals surface area contributed by atoms with Crippen LogP contribution >= 0.6 is 0 Å². The van der Waals surface area contributed by atoms with E-state index in [9.17, 15) is 8.42 Å². The second-order valence-corrected chi connectivity index (χ2v) is 5.29. The van der Waals surface area contributed by atoms with E-state index in [0.29, 0.717) is 5.56 Å². The second kappa shape index (κ2) is 4.94. The fourth-order valence-electron chi connectivity index (χ4n) is 1.08. The van der Waals surface area contributed by atoms with Crippen molar-refractivity contribution in [3.63, 3.8) is 0 Å². The summed E-state index contributed by atoms with van der Waals surface area (Å²) in [7, 11) is -3.68. The molecule has 16 heavy (non-hydrogen) atoms. The SMILES string of the molecule is O=S(=O)(Cc1ccccc1)NC[B-](O)(O)O. The van der Waals surface area contributed by atoms with Gasteiger partial charge in [0.2, 0.25) is 10.0 Å². The van der Waals surface area contributed by atoms with Gasteiger partial charge in [0.05, 0.1) is 5.75 Å². The normalized spacial score (nSPS) is 12.7. The molecule has 0 unspecified atom stereocenters. The van der Waals surface area contributed by atoms with Crippen molar-refractivity contribution in [3.05, 3.63) is 35.9 Å². The van der Waals surface area contributed by atoms with Gasteiger partial charge in [-0.05, 0) is 12.0 Å². The van der Waals surface area contributed by atoms with Crippen molar-refractivity contribution in [2.75, 3.05) is 6.44 Å². The fraction of sp³-hybridized carbons (Fsp3) is 0.250. The molecule has 0 amide bonds. The third-order valence-corrected chi connectivity index (χ3v) is 3.10. The first-order chi connectivity index (χ1) is 7.29. The summed E-state index contributed by atoms with van der Waals surface area (Å²) in [5, 5.41) is 25.8. The summed E-state index contributed by atoms with van der Waals surface area (Å²) < 4.78 is 24.7. The lowest BCUT2D eigenvalue weighted by atomic mass is 9.82. The minimum absolute atomic E-state index is 0.278.